The number of nitrogens with one attached hydrogen (secondary N) is 1. The summed E-state index contributed by atoms with van der Waals surface area (Å²) in [6.45, 7) is 2.03. The molecule has 1 aliphatic heterocycles. The van der Waals surface area contributed by atoms with Crippen LogP contribution in [-0.2, 0) is 6.54 Å². The Morgan fingerprint density at radius 3 is 3.00 bits per heavy atom. The van der Waals surface area contributed by atoms with Gasteiger partial charge in [0.15, 0.2) is 0 Å². The molecule has 1 aliphatic rings. The van der Waals surface area contributed by atoms with Crippen molar-refractivity contribution < 1.29 is 0 Å². The van der Waals surface area contributed by atoms with Crippen LogP contribution in [0.2, 0.25) is 0 Å². The maximum atomic E-state index is 3.53. The maximum absolute atomic E-state index is 3.53. The van der Waals surface area contributed by atoms with E-state index in [1.165, 1.54) is 26.8 Å². The number of hydrogen-bond donors (Lipinski definition) is 1. The number of thiophene rings is 1. The molecule has 0 unspecified atom stereocenters. The first-order valence-electron chi connectivity index (χ1n) is 6.67. The third kappa shape index (κ3) is 1.88. The molecule has 0 amide bonds. The van der Waals surface area contributed by atoms with Crippen LogP contribution in [0.1, 0.15) is 22.6 Å². The summed E-state index contributed by atoms with van der Waals surface area (Å²) in [6, 6.07) is 17.9. The molecule has 1 nitrogen and oxygen atoms in total. The first kappa shape index (κ1) is 11.2. The SMILES string of the molecule is c1ccc2c(c1)CNC[C@H]2c1ccc2ccsc2c1. The Balaban J connectivity index is 1.84. The highest BCUT2D eigenvalue weighted by Gasteiger charge is 2.21. The molecule has 4 rings (SSSR count). The van der Waals surface area contributed by atoms with E-state index in [4.69, 9.17) is 0 Å². The van der Waals surface area contributed by atoms with E-state index in [-0.39, 0.29) is 0 Å². The molecule has 1 aromatic heterocycles. The molecule has 2 heteroatoms. The number of fused-ring (bicyclic) bond motifs is 2. The average Bonchev–Trinajstić information content (AvgIpc) is 2.94. The second kappa shape index (κ2) is 4.48. The van der Waals surface area contributed by atoms with Gasteiger partial charge in [-0.15, -0.1) is 11.3 Å². The van der Waals surface area contributed by atoms with E-state index in [9.17, 15) is 0 Å². The molecule has 19 heavy (non-hydrogen) atoms. The van der Waals surface area contributed by atoms with Gasteiger partial charge in [-0.05, 0) is 39.6 Å². The second-order valence-corrected chi connectivity index (χ2v) is 6.05. The van der Waals surface area contributed by atoms with Crippen LogP contribution in [0.15, 0.2) is 53.9 Å². The zero-order valence-electron chi connectivity index (χ0n) is 10.6. The molecular weight excluding hydrogens is 250 g/mol. The third-order valence-corrected chi connectivity index (χ3v) is 4.86. The summed E-state index contributed by atoms with van der Waals surface area (Å²) in [5.74, 6) is 0.483. The molecule has 3 aromatic rings. The van der Waals surface area contributed by atoms with Crippen LogP contribution >= 0.6 is 11.3 Å². The van der Waals surface area contributed by atoms with Crippen molar-refractivity contribution in [2.45, 2.75) is 12.5 Å². The van der Waals surface area contributed by atoms with Crippen molar-refractivity contribution in [3.8, 4) is 0 Å². The highest BCUT2D eigenvalue weighted by molar-refractivity contribution is 7.17. The molecule has 94 valence electrons. The van der Waals surface area contributed by atoms with Gasteiger partial charge < -0.3 is 5.32 Å². The standard InChI is InChI=1S/C17H15NS/c1-2-4-15-14(3-1)10-18-11-16(15)13-6-5-12-7-8-19-17(12)9-13/h1-9,16,18H,10-11H2/t16-/m0/s1. The Labute approximate surface area is 116 Å². The average molecular weight is 265 g/mol. The van der Waals surface area contributed by atoms with E-state index >= 15 is 0 Å². The van der Waals surface area contributed by atoms with Gasteiger partial charge in [0.2, 0.25) is 0 Å². The molecule has 0 bridgehead atoms. The molecule has 1 atom stereocenters. The second-order valence-electron chi connectivity index (χ2n) is 5.10. The van der Waals surface area contributed by atoms with Crippen LogP contribution in [-0.4, -0.2) is 6.54 Å². The summed E-state index contributed by atoms with van der Waals surface area (Å²) in [5, 5.41) is 7.06. The lowest BCUT2D eigenvalue weighted by atomic mass is 9.85. The van der Waals surface area contributed by atoms with E-state index in [1.54, 1.807) is 0 Å². The summed E-state index contributed by atoms with van der Waals surface area (Å²) in [5.41, 5.74) is 4.34. The highest BCUT2D eigenvalue weighted by atomic mass is 32.1. The van der Waals surface area contributed by atoms with Gasteiger partial charge in [-0.2, -0.15) is 0 Å². The summed E-state index contributed by atoms with van der Waals surface area (Å²) in [6.07, 6.45) is 0. The molecule has 0 fully saturated rings. The Morgan fingerprint density at radius 1 is 1.05 bits per heavy atom. The van der Waals surface area contributed by atoms with Gasteiger partial charge in [-0.25, -0.2) is 0 Å². The fourth-order valence-electron chi connectivity index (χ4n) is 2.98. The fraction of sp³-hybridized carbons (Fsp3) is 0.176. The van der Waals surface area contributed by atoms with Gasteiger partial charge in [0, 0.05) is 23.7 Å². The van der Waals surface area contributed by atoms with Gasteiger partial charge in [0.05, 0.1) is 0 Å². The Hall–Kier alpha value is -1.64. The minimum absolute atomic E-state index is 0.483. The largest absolute Gasteiger partial charge is 0.312 e. The van der Waals surface area contributed by atoms with Gasteiger partial charge >= 0.3 is 0 Å². The van der Waals surface area contributed by atoms with Crippen molar-refractivity contribution >= 4 is 21.4 Å². The third-order valence-electron chi connectivity index (χ3n) is 3.98. The molecule has 2 aromatic carbocycles. The number of rotatable bonds is 1. The van der Waals surface area contributed by atoms with Gasteiger partial charge in [0.25, 0.3) is 0 Å². The van der Waals surface area contributed by atoms with Gasteiger partial charge in [0.1, 0.15) is 0 Å². The Morgan fingerprint density at radius 2 is 2.00 bits per heavy atom. The zero-order valence-corrected chi connectivity index (χ0v) is 11.4. The van der Waals surface area contributed by atoms with Crippen LogP contribution in [0.25, 0.3) is 10.1 Å². The summed E-state index contributed by atoms with van der Waals surface area (Å²) < 4.78 is 1.39. The van der Waals surface area contributed by atoms with E-state index in [1.807, 2.05) is 11.3 Å². The maximum Gasteiger partial charge on any atom is 0.0345 e. The molecule has 0 saturated heterocycles. The molecule has 0 saturated carbocycles. The smallest absolute Gasteiger partial charge is 0.0345 e. The lowest BCUT2D eigenvalue weighted by Crippen LogP contribution is -2.28. The van der Waals surface area contributed by atoms with Crippen LogP contribution in [0.5, 0.6) is 0 Å². The van der Waals surface area contributed by atoms with Crippen LogP contribution in [0, 0.1) is 0 Å². The summed E-state index contributed by atoms with van der Waals surface area (Å²) in [4.78, 5) is 0. The monoisotopic (exact) mass is 265 g/mol. The summed E-state index contributed by atoms with van der Waals surface area (Å²) in [7, 11) is 0. The van der Waals surface area contributed by atoms with E-state index in [2.05, 4.69) is 59.2 Å². The predicted molar refractivity (Wildman–Crippen MR) is 81.8 cm³/mol. The van der Waals surface area contributed by atoms with Crippen LogP contribution in [0.4, 0.5) is 0 Å². The van der Waals surface area contributed by atoms with E-state index in [0.717, 1.165) is 13.1 Å². The molecule has 1 N–H and O–H groups in total. The minimum Gasteiger partial charge on any atom is -0.312 e. The first-order valence-corrected chi connectivity index (χ1v) is 7.55. The molecule has 0 aliphatic carbocycles. The normalized spacial score (nSPS) is 18.4. The van der Waals surface area contributed by atoms with Crippen LogP contribution < -0.4 is 5.32 Å². The lowest BCUT2D eigenvalue weighted by Gasteiger charge is -2.26. The predicted octanol–water partition coefficient (Wildman–Crippen LogP) is 4.14. The lowest BCUT2D eigenvalue weighted by molar-refractivity contribution is 0.592. The first-order chi connectivity index (χ1) is 9.42. The van der Waals surface area contributed by atoms with E-state index in [0.29, 0.717) is 5.92 Å². The quantitative estimate of drug-likeness (QED) is 0.697. The van der Waals surface area contributed by atoms with Crippen molar-refractivity contribution in [3.05, 3.63) is 70.6 Å². The molecule has 0 spiro atoms. The molecule has 0 radical (unpaired) electrons. The van der Waals surface area contributed by atoms with Crippen molar-refractivity contribution in [2.24, 2.45) is 0 Å². The number of hydrogen-bond acceptors (Lipinski definition) is 2. The van der Waals surface area contributed by atoms with Gasteiger partial charge in [-0.1, -0.05) is 36.4 Å². The zero-order chi connectivity index (χ0) is 12.7. The van der Waals surface area contributed by atoms with Crippen molar-refractivity contribution in [3.63, 3.8) is 0 Å². The van der Waals surface area contributed by atoms with E-state index < -0.39 is 0 Å². The van der Waals surface area contributed by atoms with Crippen LogP contribution in [0.3, 0.4) is 0 Å². The van der Waals surface area contributed by atoms with Gasteiger partial charge in [-0.3, -0.25) is 0 Å². The summed E-state index contributed by atoms with van der Waals surface area (Å²) >= 11 is 1.83. The minimum atomic E-state index is 0.483. The Bertz CT molecular complexity index is 729. The molecular formula is C17H15NS. The van der Waals surface area contributed by atoms with Crippen molar-refractivity contribution in [1.29, 1.82) is 0 Å². The Kier molecular flexibility index (Phi) is 2.64. The molecule has 2 heterocycles. The fourth-order valence-corrected chi connectivity index (χ4v) is 3.82. The highest BCUT2D eigenvalue weighted by Crippen LogP contribution is 2.32. The van der Waals surface area contributed by atoms with Crippen molar-refractivity contribution in [1.82, 2.24) is 5.32 Å². The van der Waals surface area contributed by atoms with Crippen molar-refractivity contribution in [2.75, 3.05) is 6.54 Å². The topological polar surface area (TPSA) is 12.0 Å². The number of benzene rings is 2.